The van der Waals surface area contributed by atoms with Crippen molar-refractivity contribution < 1.29 is 4.79 Å². The van der Waals surface area contributed by atoms with Crippen molar-refractivity contribution in [3.63, 3.8) is 0 Å². The van der Waals surface area contributed by atoms with E-state index in [1.165, 1.54) is 0 Å². The van der Waals surface area contributed by atoms with Crippen molar-refractivity contribution in [3.8, 4) is 0 Å². The summed E-state index contributed by atoms with van der Waals surface area (Å²) in [5, 5.41) is 0. The number of hydrogen-bond donors (Lipinski definition) is 1. The number of nitrogens with zero attached hydrogens (tertiary/aromatic N) is 1. The second-order valence-corrected chi connectivity index (χ2v) is 3.14. The van der Waals surface area contributed by atoms with Gasteiger partial charge in [-0.15, -0.1) is 0 Å². The number of amides is 1. The lowest BCUT2D eigenvalue weighted by Crippen LogP contribution is -2.35. The molecule has 0 aromatic rings. The summed E-state index contributed by atoms with van der Waals surface area (Å²) < 4.78 is 0. The first kappa shape index (κ1) is 9.52. The van der Waals surface area contributed by atoms with Crippen molar-refractivity contribution in [2.75, 3.05) is 19.6 Å². The van der Waals surface area contributed by atoms with Gasteiger partial charge in [-0.25, -0.2) is 0 Å². The van der Waals surface area contributed by atoms with Crippen LogP contribution in [-0.4, -0.2) is 30.4 Å². The van der Waals surface area contributed by atoms with Crippen LogP contribution in [-0.2, 0) is 4.79 Å². The van der Waals surface area contributed by atoms with E-state index in [-0.39, 0.29) is 5.91 Å². The molecule has 1 fully saturated rings. The van der Waals surface area contributed by atoms with E-state index < -0.39 is 0 Å². The third-order valence-electron chi connectivity index (χ3n) is 2.15. The molecule has 0 aliphatic carbocycles. The topological polar surface area (TPSA) is 46.3 Å². The Balaban J connectivity index is 2.20. The molecule has 3 heteroatoms. The van der Waals surface area contributed by atoms with E-state index in [1.54, 1.807) is 0 Å². The van der Waals surface area contributed by atoms with Crippen LogP contribution in [0.5, 0.6) is 0 Å². The molecule has 0 atom stereocenters. The van der Waals surface area contributed by atoms with E-state index in [0.29, 0.717) is 13.0 Å². The number of nitrogens with two attached hydrogens (primary N) is 1. The second kappa shape index (κ2) is 5.14. The van der Waals surface area contributed by atoms with E-state index in [2.05, 4.69) is 6.42 Å². The highest BCUT2D eigenvalue weighted by atomic mass is 16.2. The quantitative estimate of drug-likeness (QED) is 0.670. The molecule has 0 aromatic heterocycles. The molecule has 0 saturated carbocycles. The van der Waals surface area contributed by atoms with Crippen molar-refractivity contribution in [2.45, 2.75) is 25.7 Å². The number of likely N-dealkylation sites (tertiary alicyclic amines) is 1. The van der Waals surface area contributed by atoms with Crippen LogP contribution in [0.1, 0.15) is 25.7 Å². The number of rotatable bonds is 3. The van der Waals surface area contributed by atoms with Gasteiger partial charge in [0.1, 0.15) is 0 Å². The zero-order valence-electron chi connectivity index (χ0n) is 7.46. The Morgan fingerprint density at radius 1 is 1.42 bits per heavy atom. The molecule has 1 aliphatic heterocycles. The van der Waals surface area contributed by atoms with E-state index >= 15 is 0 Å². The molecule has 1 saturated heterocycles. The van der Waals surface area contributed by atoms with Gasteiger partial charge in [-0.05, 0) is 32.2 Å². The Bertz CT molecular complexity index is 141. The molecule has 1 rings (SSSR count). The van der Waals surface area contributed by atoms with Gasteiger partial charge in [0.2, 0.25) is 5.91 Å². The zero-order chi connectivity index (χ0) is 8.81. The number of hydrogen-bond acceptors (Lipinski definition) is 2. The predicted molar refractivity (Wildman–Crippen MR) is 48.4 cm³/mol. The van der Waals surface area contributed by atoms with Crippen molar-refractivity contribution >= 4 is 5.91 Å². The highest BCUT2D eigenvalue weighted by Gasteiger charge is 2.15. The first-order valence-electron chi connectivity index (χ1n) is 4.64. The molecule has 1 amide bonds. The lowest BCUT2D eigenvalue weighted by atomic mass is 10.1. The van der Waals surface area contributed by atoms with Gasteiger partial charge in [0.05, 0.1) is 0 Å². The number of carbonyl (C=O) groups excluding carboxylic acids is 1. The fourth-order valence-corrected chi connectivity index (χ4v) is 1.41. The Morgan fingerprint density at radius 3 is 2.67 bits per heavy atom. The summed E-state index contributed by atoms with van der Waals surface area (Å²) in [6.07, 6.45) is 5.78. The molecule has 0 bridgehead atoms. The zero-order valence-corrected chi connectivity index (χ0v) is 7.46. The van der Waals surface area contributed by atoms with Crippen LogP contribution in [0.2, 0.25) is 0 Å². The van der Waals surface area contributed by atoms with Gasteiger partial charge < -0.3 is 10.6 Å². The van der Waals surface area contributed by atoms with Crippen LogP contribution in [0.4, 0.5) is 0 Å². The van der Waals surface area contributed by atoms with E-state index in [9.17, 15) is 4.79 Å². The lowest BCUT2D eigenvalue weighted by molar-refractivity contribution is -0.131. The Labute approximate surface area is 73.9 Å². The van der Waals surface area contributed by atoms with Gasteiger partial charge in [-0.1, -0.05) is 0 Å². The molecule has 0 unspecified atom stereocenters. The summed E-state index contributed by atoms with van der Waals surface area (Å²) in [5.74, 6) is 0.272. The summed E-state index contributed by atoms with van der Waals surface area (Å²) in [7, 11) is 0. The van der Waals surface area contributed by atoms with Crippen LogP contribution in [0.3, 0.4) is 0 Å². The number of piperidine rings is 1. The Hall–Kier alpha value is -0.570. The van der Waals surface area contributed by atoms with Crippen molar-refractivity contribution in [3.05, 3.63) is 6.42 Å². The van der Waals surface area contributed by atoms with Gasteiger partial charge in [0, 0.05) is 19.5 Å². The summed E-state index contributed by atoms with van der Waals surface area (Å²) in [6, 6.07) is 0. The smallest absolute Gasteiger partial charge is 0.222 e. The maximum absolute atomic E-state index is 11.4. The summed E-state index contributed by atoms with van der Waals surface area (Å²) in [6.45, 7) is 2.43. The third kappa shape index (κ3) is 2.81. The van der Waals surface area contributed by atoms with Crippen molar-refractivity contribution in [1.82, 2.24) is 4.90 Å². The second-order valence-electron chi connectivity index (χ2n) is 3.14. The van der Waals surface area contributed by atoms with Gasteiger partial charge in [0.15, 0.2) is 0 Å². The predicted octanol–water partition coefficient (Wildman–Crippen LogP) is 0.552. The van der Waals surface area contributed by atoms with Crippen molar-refractivity contribution in [2.24, 2.45) is 5.73 Å². The van der Waals surface area contributed by atoms with Gasteiger partial charge >= 0.3 is 0 Å². The molecule has 1 aliphatic rings. The summed E-state index contributed by atoms with van der Waals surface area (Å²) in [5.41, 5.74) is 5.33. The summed E-state index contributed by atoms with van der Waals surface area (Å²) >= 11 is 0. The Morgan fingerprint density at radius 2 is 2.08 bits per heavy atom. The molecule has 1 heterocycles. The largest absolute Gasteiger partial charge is 0.343 e. The van der Waals surface area contributed by atoms with Crippen LogP contribution < -0.4 is 5.73 Å². The fraction of sp³-hybridized carbons (Fsp3) is 0.778. The maximum atomic E-state index is 11.4. The maximum Gasteiger partial charge on any atom is 0.222 e. The SMILES string of the molecule is NCCCC(=O)N1CC[CH]CC1. The highest BCUT2D eigenvalue weighted by molar-refractivity contribution is 5.76. The molecular formula is C9H17N2O. The minimum atomic E-state index is 0.272. The van der Waals surface area contributed by atoms with Gasteiger partial charge in [0.25, 0.3) is 0 Å². The minimum absolute atomic E-state index is 0.272. The molecular weight excluding hydrogens is 152 g/mol. The Kier molecular flexibility index (Phi) is 4.08. The fourth-order valence-electron chi connectivity index (χ4n) is 1.41. The van der Waals surface area contributed by atoms with Crippen LogP contribution >= 0.6 is 0 Å². The van der Waals surface area contributed by atoms with Crippen LogP contribution in [0.15, 0.2) is 0 Å². The van der Waals surface area contributed by atoms with Gasteiger partial charge in [-0.3, -0.25) is 4.79 Å². The molecule has 0 aromatic carbocycles. The molecule has 12 heavy (non-hydrogen) atoms. The minimum Gasteiger partial charge on any atom is -0.343 e. The molecule has 3 nitrogen and oxygen atoms in total. The average molecular weight is 169 g/mol. The van der Waals surface area contributed by atoms with Crippen LogP contribution in [0, 0.1) is 6.42 Å². The van der Waals surface area contributed by atoms with E-state index in [4.69, 9.17) is 5.73 Å². The van der Waals surface area contributed by atoms with Gasteiger partial charge in [-0.2, -0.15) is 0 Å². The molecule has 2 N–H and O–H groups in total. The van der Waals surface area contributed by atoms with E-state index in [0.717, 1.165) is 32.4 Å². The molecule has 69 valence electrons. The highest BCUT2D eigenvalue weighted by Crippen LogP contribution is 2.09. The number of carbonyl (C=O) groups is 1. The third-order valence-corrected chi connectivity index (χ3v) is 2.15. The molecule has 1 radical (unpaired) electrons. The first-order valence-corrected chi connectivity index (χ1v) is 4.64. The monoisotopic (exact) mass is 169 g/mol. The van der Waals surface area contributed by atoms with Crippen molar-refractivity contribution in [1.29, 1.82) is 0 Å². The molecule has 0 spiro atoms. The normalized spacial score (nSPS) is 17.9. The average Bonchev–Trinajstić information content (AvgIpc) is 2.15. The first-order chi connectivity index (χ1) is 5.84. The van der Waals surface area contributed by atoms with E-state index in [1.807, 2.05) is 4.90 Å². The standard InChI is InChI=1S/C9H17N2O/c10-6-4-5-9(12)11-7-2-1-3-8-11/h1H,2-8,10H2. The lowest BCUT2D eigenvalue weighted by Gasteiger charge is -2.26. The summed E-state index contributed by atoms with van der Waals surface area (Å²) in [4.78, 5) is 13.4. The van der Waals surface area contributed by atoms with Crippen LogP contribution in [0.25, 0.3) is 0 Å².